The lowest BCUT2D eigenvalue weighted by molar-refractivity contribution is -0.385. The average Bonchev–Trinajstić information content (AvgIpc) is 2.40. The van der Waals surface area contributed by atoms with Crippen molar-refractivity contribution in [1.29, 1.82) is 0 Å². The zero-order chi connectivity index (χ0) is 14.7. The number of hydrogen-bond acceptors (Lipinski definition) is 5. The Balaban J connectivity index is 2.37. The monoisotopic (exact) mass is 356 g/mol. The second kappa shape index (κ2) is 5.93. The van der Waals surface area contributed by atoms with E-state index in [1.165, 1.54) is 6.20 Å². The van der Waals surface area contributed by atoms with Gasteiger partial charge in [-0.2, -0.15) is 0 Å². The highest BCUT2D eigenvalue weighted by Crippen LogP contribution is 2.24. The number of nitrogens with one attached hydrogen (secondary N) is 1. The molecule has 7 nitrogen and oxygen atoms in total. The molecule has 0 spiro atoms. The van der Waals surface area contributed by atoms with Gasteiger partial charge in [-0.15, -0.1) is 0 Å². The molecule has 0 radical (unpaired) electrons. The van der Waals surface area contributed by atoms with Crippen molar-refractivity contribution in [2.45, 2.75) is 0 Å². The molecule has 2 aromatic rings. The number of halogens is 2. The summed E-state index contributed by atoms with van der Waals surface area (Å²) in [5, 5.41) is 13.4. The number of aromatic nitrogens is 2. The van der Waals surface area contributed by atoms with E-state index >= 15 is 0 Å². The van der Waals surface area contributed by atoms with E-state index in [1.54, 1.807) is 12.1 Å². The molecule has 102 valence electrons. The summed E-state index contributed by atoms with van der Waals surface area (Å²) in [5.41, 5.74) is -0.211. The highest BCUT2D eigenvalue weighted by Gasteiger charge is 2.22. The van der Waals surface area contributed by atoms with E-state index in [-0.39, 0.29) is 10.7 Å². The van der Waals surface area contributed by atoms with Crippen LogP contribution in [0.4, 0.5) is 11.4 Å². The SMILES string of the molecule is O=C(Nc1cccnc1Br)c1cc(Cl)ncc1[N+](=O)[O-]. The molecule has 0 bridgehead atoms. The Morgan fingerprint density at radius 3 is 2.85 bits per heavy atom. The van der Waals surface area contributed by atoms with Crippen molar-refractivity contribution in [2.75, 3.05) is 5.32 Å². The first-order chi connectivity index (χ1) is 9.49. The van der Waals surface area contributed by atoms with Crippen molar-refractivity contribution < 1.29 is 9.72 Å². The molecule has 0 fully saturated rings. The molecule has 20 heavy (non-hydrogen) atoms. The van der Waals surface area contributed by atoms with E-state index in [0.29, 0.717) is 10.3 Å². The van der Waals surface area contributed by atoms with Crippen molar-refractivity contribution in [2.24, 2.45) is 0 Å². The summed E-state index contributed by atoms with van der Waals surface area (Å²) in [6, 6.07) is 4.36. The Bertz CT molecular complexity index is 695. The second-order valence-corrected chi connectivity index (χ2v) is 4.72. The molecule has 9 heteroatoms. The quantitative estimate of drug-likeness (QED) is 0.517. The largest absolute Gasteiger partial charge is 0.319 e. The third-order valence-corrected chi connectivity index (χ3v) is 3.14. The summed E-state index contributed by atoms with van der Waals surface area (Å²) in [7, 11) is 0. The van der Waals surface area contributed by atoms with Crippen LogP contribution in [0, 0.1) is 10.1 Å². The maximum absolute atomic E-state index is 12.1. The molecule has 2 rings (SSSR count). The minimum atomic E-state index is -0.698. The predicted molar refractivity (Wildman–Crippen MR) is 75.8 cm³/mol. The number of nitrogens with zero attached hydrogens (tertiary/aromatic N) is 3. The molecular weight excluding hydrogens is 352 g/mol. The molecule has 0 saturated carbocycles. The van der Waals surface area contributed by atoms with E-state index in [1.807, 2.05) is 0 Å². The normalized spacial score (nSPS) is 10.1. The molecule has 1 amide bonds. The number of amides is 1. The first kappa shape index (κ1) is 14.4. The minimum absolute atomic E-state index is 0.00833. The van der Waals surface area contributed by atoms with Crippen molar-refractivity contribution in [1.82, 2.24) is 9.97 Å². The van der Waals surface area contributed by atoms with Gasteiger partial charge in [0.1, 0.15) is 21.5 Å². The second-order valence-electron chi connectivity index (χ2n) is 3.58. The molecule has 2 heterocycles. The van der Waals surface area contributed by atoms with E-state index in [2.05, 4.69) is 31.2 Å². The third-order valence-electron chi connectivity index (χ3n) is 2.30. The summed E-state index contributed by atoms with van der Waals surface area (Å²) in [6.45, 7) is 0. The topological polar surface area (TPSA) is 98.0 Å². The van der Waals surface area contributed by atoms with Crippen molar-refractivity contribution in [3.63, 3.8) is 0 Å². The number of carbonyl (C=O) groups is 1. The van der Waals surface area contributed by atoms with Crippen LogP contribution in [0.2, 0.25) is 5.15 Å². The zero-order valence-corrected chi connectivity index (χ0v) is 12.1. The van der Waals surface area contributed by atoms with Crippen molar-refractivity contribution in [3.8, 4) is 0 Å². The molecule has 0 unspecified atom stereocenters. The van der Waals surface area contributed by atoms with Gasteiger partial charge < -0.3 is 5.32 Å². The fourth-order valence-corrected chi connectivity index (χ4v) is 1.93. The Hall–Kier alpha value is -2.06. The molecule has 0 saturated heterocycles. The Kier molecular flexibility index (Phi) is 4.26. The lowest BCUT2D eigenvalue weighted by Crippen LogP contribution is -2.15. The van der Waals surface area contributed by atoms with Crippen LogP contribution in [0.15, 0.2) is 35.2 Å². The summed E-state index contributed by atoms with van der Waals surface area (Å²) < 4.78 is 0.413. The Morgan fingerprint density at radius 2 is 2.20 bits per heavy atom. The van der Waals surface area contributed by atoms with Gasteiger partial charge in [-0.1, -0.05) is 11.6 Å². The first-order valence-electron chi connectivity index (χ1n) is 5.21. The van der Waals surface area contributed by atoms with Crippen LogP contribution in [-0.4, -0.2) is 20.8 Å². The number of anilines is 1. The van der Waals surface area contributed by atoms with Gasteiger partial charge in [-0.3, -0.25) is 14.9 Å². The number of nitro groups is 1. The minimum Gasteiger partial charge on any atom is -0.319 e. The zero-order valence-electron chi connectivity index (χ0n) is 9.71. The maximum atomic E-state index is 12.1. The van der Waals surface area contributed by atoms with Gasteiger partial charge in [-0.05, 0) is 34.1 Å². The Labute approximate surface area is 126 Å². The highest BCUT2D eigenvalue weighted by molar-refractivity contribution is 9.10. The van der Waals surface area contributed by atoms with E-state index in [4.69, 9.17) is 11.6 Å². The first-order valence-corrected chi connectivity index (χ1v) is 6.38. The molecule has 0 aliphatic rings. The number of carbonyl (C=O) groups excluding carboxylic acids is 1. The van der Waals surface area contributed by atoms with Crippen LogP contribution in [0.25, 0.3) is 0 Å². The molecule has 0 aromatic carbocycles. The van der Waals surface area contributed by atoms with Crippen LogP contribution in [0.1, 0.15) is 10.4 Å². The van der Waals surface area contributed by atoms with Crippen molar-refractivity contribution >= 4 is 44.8 Å². The van der Waals surface area contributed by atoms with Gasteiger partial charge >= 0.3 is 0 Å². The lowest BCUT2D eigenvalue weighted by Gasteiger charge is -2.07. The summed E-state index contributed by atoms with van der Waals surface area (Å²) in [5.74, 6) is -0.672. The van der Waals surface area contributed by atoms with Crippen molar-refractivity contribution in [3.05, 3.63) is 56.0 Å². The van der Waals surface area contributed by atoms with E-state index < -0.39 is 16.5 Å². The van der Waals surface area contributed by atoms with E-state index in [0.717, 1.165) is 12.3 Å². The van der Waals surface area contributed by atoms with Gasteiger partial charge in [-0.25, -0.2) is 9.97 Å². The standard InChI is InChI=1S/C11H6BrClN4O3/c12-10-7(2-1-3-14-10)16-11(18)6-4-9(13)15-5-8(6)17(19)20/h1-5H,(H,16,18). The van der Waals surface area contributed by atoms with Crippen LogP contribution in [0.3, 0.4) is 0 Å². The van der Waals surface area contributed by atoms with E-state index in [9.17, 15) is 14.9 Å². The highest BCUT2D eigenvalue weighted by atomic mass is 79.9. The van der Waals surface area contributed by atoms with Crippen LogP contribution >= 0.6 is 27.5 Å². The van der Waals surface area contributed by atoms with Gasteiger partial charge in [0.25, 0.3) is 11.6 Å². The molecule has 1 N–H and O–H groups in total. The number of hydrogen-bond donors (Lipinski definition) is 1. The Morgan fingerprint density at radius 1 is 1.45 bits per heavy atom. The molecule has 0 aliphatic carbocycles. The average molecular weight is 358 g/mol. The fraction of sp³-hybridized carbons (Fsp3) is 0. The van der Waals surface area contributed by atoms with Crippen LogP contribution in [-0.2, 0) is 0 Å². The van der Waals surface area contributed by atoms with Crippen LogP contribution in [0.5, 0.6) is 0 Å². The lowest BCUT2D eigenvalue weighted by atomic mass is 10.2. The predicted octanol–water partition coefficient (Wildman–Crippen LogP) is 3.05. The molecule has 0 aliphatic heterocycles. The molecule has 0 atom stereocenters. The molecular formula is C11H6BrClN4O3. The van der Waals surface area contributed by atoms with Gasteiger partial charge in [0.15, 0.2) is 0 Å². The van der Waals surface area contributed by atoms with Gasteiger partial charge in [0.2, 0.25) is 0 Å². The smallest absolute Gasteiger partial charge is 0.300 e. The van der Waals surface area contributed by atoms with Gasteiger partial charge in [0, 0.05) is 6.20 Å². The van der Waals surface area contributed by atoms with Crippen LogP contribution < -0.4 is 5.32 Å². The fourth-order valence-electron chi connectivity index (χ4n) is 1.42. The number of pyridine rings is 2. The maximum Gasteiger partial charge on any atom is 0.300 e. The summed E-state index contributed by atoms with van der Waals surface area (Å²) >= 11 is 8.83. The summed E-state index contributed by atoms with van der Waals surface area (Å²) in [6.07, 6.45) is 2.47. The summed E-state index contributed by atoms with van der Waals surface area (Å²) in [4.78, 5) is 29.8. The third kappa shape index (κ3) is 3.09. The molecule has 2 aromatic heterocycles. The van der Waals surface area contributed by atoms with Gasteiger partial charge in [0.05, 0.1) is 10.6 Å². The number of rotatable bonds is 3.